The third-order valence-corrected chi connectivity index (χ3v) is 3.21. The molecule has 0 bridgehead atoms. The van der Waals surface area contributed by atoms with E-state index in [1.54, 1.807) is 7.11 Å². The summed E-state index contributed by atoms with van der Waals surface area (Å²) in [6.07, 6.45) is -0.0229. The minimum Gasteiger partial charge on any atom is -0.497 e. The van der Waals surface area contributed by atoms with Gasteiger partial charge in [-0.1, -0.05) is 12.1 Å². The van der Waals surface area contributed by atoms with E-state index in [0.717, 1.165) is 21.5 Å². The summed E-state index contributed by atoms with van der Waals surface area (Å²) in [7, 11) is 1.66. The van der Waals surface area contributed by atoms with Crippen LogP contribution in [0.2, 0.25) is 0 Å². The van der Waals surface area contributed by atoms with Gasteiger partial charge in [0, 0.05) is 0 Å². The summed E-state index contributed by atoms with van der Waals surface area (Å²) >= 11 is 3.39. The van der Waals surface area contributed by atoms with Crippen molar-refractivity contribution in [3.8, 4) is 5.75 Å². The van der Waals surface area contributed by atoms with E-state index < -0.39 is 0 Å². The first kappa shape index (κ1) is 10.5. The normalized spacial score (nSPS) is 20.3. The number of ether oxygens (including phenoxy) is 1. The van der Waals surface area contributed by atoms with Gasteiger partial charge in [0.1, 0.15) is 16.5 Å². The van der Waals surface area contributed by atoms with Gasteiger partial charge in [0.25, 0.3) is 0 Å². The number of methoxy groups -OCH3 is 1. The number of hydrogen-bond acceptors (Lipinski definition) is 3. The van der Waals surface area contributed by atoms with Crippen LogP contribution in [0.1, 0.15) is 18.6 Å². The maximum Gasteiger partial charge on any atom is 0.134 e. The third kappa shape index (κ3) is 2.01. The summed E-state index contributed by atoms with van der Waals surface area (Å²) in [5, 5.41) is 0. The fraction of sp³-hybridized carbons (Fsp3) is 0.273. The van der Waals surface area contributed by atoms with E-state index in [2.05, 4.69) is 21.4 Å². The number of nitrogens with one attached hydrogen (secondary N) is 1. The summed E-state index contributed by atoms with van der Waals surface area (Å²) < 4.78 is 6.01. The monoisotopic (exact) mass is 269 g/mol. The summed E-state index contributed by atoms with van der Waals surface area (Å²) in [5.74, 6) is 0.852. The van der Waals surface area contributed by atoms with Crippen molar-refractivity contribution in [2.75, 3.05) is 7.11 Å². The van der Waals surface area contributed by atoms with Gasteiger partial charge in [-0.05, 0) is 46.1 Å². The topological polar surface area (TPSA) is 30.5 Å². The van der Waals surface area contributed by atoms with Crippen molar-refractivity contribution in [3.63, 3.8) is 0 Å². The second-order valence-electron chi connectivity index (χ2n) is 3.37. The van der Waals surface area contributed by atoms with Crippen molar-refractivity contribution >= 4 is 15.9 Å². The molecule has 0 fully saturated rings. The molecule has 4 heteroatoms. The molecule has 1 aromatic carbocycles. The lowest BCUT2D eigenvalue weighted by Gasteiger charge is -2.10. The van der Waals surface area contributed by atoms with Gasteiger partial charge in [0.05, 0.1) is 7.11 Å². The Labute approximate surface area is 97.2 Å². The lowest BCUT2D eigenvalue weighted by Crippen LogP contribution is -2.05. The van der Waals surface area contributed by atoms with Crippen LogP contribution in [-0.2, 0) is 4.84 Å². The lowest BCUT2D eigenvalue weighted by atomic mass is 10.0. The first-order chi connectivity index (χ1) is 7.22. The maximum atomic E-state index is 5.43. The average Bonchev–Trinajstić information content (AvgIpc) is 2.60. The number of halogens is 1. The molecule has 0 spiro atoms. The molecule has 0 saturated heterocycles. The van der Waals surface area contributed by atoms with Crippen LogP contribution in [-0.4, -0.2) is 7.11 Å². The Morgan fingerprint density at radius 2 is 2.00 bits per heavy atom. The summed E-state index contributed by atoms with van der Waals surface area (Å²) in [6.45, 7) is 2.03. The fourth-order valence-corrected chi connectivity index (χ4v) is 1.79. The van der Waals surface area contributed by atoms with Gasteiger partial charge in [-0.15, -0.1) is 0 Å². The van der Waals surface area contributed by atoms with Crippen molar-refractivity contribution in [1.29, 1.82) is 0 Å². The van der Waals surface area contributed by atoms with E-state index >= 15 is 0 Å². The molecule has 2 rings (SSSR count). The van der Waals surface area contributed by atoms with E-state index in [0.29, 0.717) is 0 Å². The Morgan fingerprint density at radius 3 is 2.47 bits per heavy atom. The summed E-state index contributed by atoms with van der Waals surface area (Å²) in [4.78, 5) is 5.43. The zero-order valence-electron chi connectivity index (χ0n) is 8.58. The Hall–Kier alpha value is -1.00. The molecule has 0 unspecified atom stereocenters. The Bertz CT molecular complexity index is 386. The van der Waals surface area contributed by atoms with Crippen LogP contribution in [0.3, 0.4) is 0 Å². The predicted octanol–water partition coefficient (Wildman–Crippen LogP) is 2.90. The zero-order chi connectivity index (χ0) is 10.8. The summed E-state index contributed by atoms with van der Waals surface area (Å²) in [5.41, 5.74) is 5.06. The molecule has 0 amide bonds. The zero-order valence-corrected chi connectivity index (χ0v) is 10.2. The van der Waals surface area contributed by atoms with Crippen molar-refractivity contribution in [3.05, 3.63) is 40.0 Å². The molecule has 1 N–H and O–H groups in total. The predicted molar refractivity (Wildman–Crippen MR) is 61.6 cm³/mol. The molecular formula is C11H12BrNO2. The highest BCUT2D eigenvalue weighted by Crippen LogP contribution is 2.33. The van der Waals surface area contributed by atoms with Crippen LogP contribution in [0.25, 0.3) is 0 Å². The third-order valence-electron chi connectivity index (χ3n) is 2.42. The van der Waals surface area contributed by atoms with Crippen LogP contribution in [0.5, 0.6) is 5.75 Å². The first-order valence-electron chi connectivity index (χ1n) is 4.64. The molecule has 1 aliphatic heterocycles. The van der Waals surface area contributed by atoms with E-state index in [9.17, 15) is 0 Å². The Morgan fingerprint density at radius 1 is 1.33 bits per heavy atom. The Kier molecular flexibility index (Phi) is 2.98. The molecular weight excluding hydrogens is 258 g/mol. The van der Waals surface area contributed by atoms with E-state index in [-0.39, 0.29) is 6.10 Å². The molecule has 1 atom stereocenters. The van der Waals surface area contributed by atoms with Crippen LogP contribution in [0, 0.1) is 0 Å². The van der Waals surface area contributed by atoms with Gasteiger partial charge >= 0.3 is 0 Å². The second kappa shape index (κ2) is 4.24. The van der Waals surface area contributed by atoms with Crippen LogP contribution < -0.4 is 10.2 Å². The SMILES string of the molecule is COc1ccc([C@H]2ONC(Br)=C2C)cc1. The van der Waals surface area contributed by atoms with Crippen LogP contribution in [0.4, 0.5) is 0 Å². The van der Waals surface area contributed by atoms with E-state index in [1.807, 2.05) is 31.2 Å². The quantitative estimate of drug-likeness (QED) is 0.838. The Balaban J connectivity index is 2.24. The van der Waals surface area contributed by atoms with Crippen LogP contribution in [0.15, 0.2) is 34.4 Å². The molecule has 1 heterocycles. The molecule has 1 aromatic rings. The lowest BCUT2D eigenvalue weighted by molar-refractivity contribution is 0.0416. The number of benzene rings is 1. The van der Waals surface area contributed by atoms with E-state index in [4.69, 9.17) is 9.57 Å². The fourth-order valence-electron chi connectivity index (χ4n) is 1.49. The highest BCUT2D eigenvalue weighted by atomic mass is 79.9. The first-order valence-corrected chi connectivity index (χ1v) is 5.43. The smallest absolute Gasteiger partial charge is 0.134 e. The molecule has 0 aromatic heterocycles. The van der Waals surface area contributed by atoms with Crippen molar-refractivity contribution in [2.45, 2.75) is 13.0 Å². The van der Waals surface area contributed by atoms with Gasteiger partial charge in [-0.25, -0.2) is 0 Å². The maximum absolute atomic E-state index is 5.43. The van der Waals surface area contributed by atoms with Gasteiger partial charge in [-0.2, -0.15) is 0 Å². The molecule has 15 heavy (non-hydrogen) atoms. The largest absolute Gasteiger partial charge is 0.497 e. The molecule has 1 aliphatic rings. The molecule has 0 aliphatic carbocycles. The van der Waals surface area contributed by atoms with Crippen molar-refractivity contribution < 1.29 is 9.57 Å². The second-order valence-corrected chi connectivity index (χ2v) is 4.16. The van der Waals surface area contributed by atoms with Crippen molar-refractivity contribution in [1.82, 2.24) is 5.48 Å². The molecule has 3 nitrogen and oxygen atoms in total. The van der Waals surface area contributed by atoms with Crippen LogP contribution >= 0.6 is 15.9 Å². The minimum atomic E-state index is -0.0229. The minimum absolute atomic E-state index is 0.0229. The number of hydrogen-bond donors (Lipinski definition) is 1. The number of hydroxylamine groups is 1. The van der Waals surface area contributed by atoms with Gasteiger partial charge < -0.3 is 4.74 Å². The molecule has 0 saturated carbocycles. The molecule has 0 radical (unpaired) electrons. The van der Waals surface area contributed by atoms with Crippen molar-refractivity contribution in [2.24, 2.45) is 0 Å². The van der Waals surface area contributed by atoms with E-state index in [1.165, 1.54) is 0 Å². The molecule has 80 valence electrons. The summed E-state index contributed by atoms with van der Waals surface area (Å²) in [6, 6.07) is 7.86. The van der Waals surface area contributed by atoms with Gasteiger partial charge in [0.15, 0.2) is 0 Å². The highest BCUT2D eigenvalue weighted by Gasteiger charge is 2.23. The standard InChI is InChI=1S/C11H12BrNO2/c1-7-10(15-13-11(7)12)8-3-5-9(14-2)6-4-8/h3-6,10,13H,1-2H3/t10-/m0/s1. The number of rotatable bonds is 2. The van der Waals surface area contributed by atoms with Gasteiger partial charge in [-0.3, -0.25) is 10.3 Å². The van der Waals surface area contributed by atoms with Gasteiger partial charge in [0.2, 0.25) is 0 Å². The average molecular weight is 270 g/mol. The highest BCUT2D eigenvalue weighted by molar-refractivity contribution is 9.11.